The van der Waals surface area contributed by atoms with Gasteiger partial charge in [-0.25, -0.2) is 4.68 Å². The van der Waals surface area contributed by atoms with Crippen molar-refractivity contribution in [1.29, 1.82) is 0 Å². The summed E-state index contributed by atoms with van der Waals surface area (Å²) in [6.45, 7) is 1.97. The monoisotopic (exact) mass is 538 g/mol. The zero-order valence-electron chi connectivity index (χ0n) is 22.0. The molecular formula is C31H30N4O3S. The lowest BCUT2D eigenvalue weighted by molar-refractivity contribution is -0.123. The molecule has 2 aliphatic rings. The molecule has 1 atom stereocenters. The van der Waals surface area contributed by atoms with Gasteiger partial charge in [0.05, 0.1) is 29.5 Å². The number of nitrogens with one attached hydrogen (secondary N) is 1. The van der Waals surface area contributed by atoms with Crippen molar-refractivity contribution in [3.63, 3.8) is 0 Å². The Labute approximate surface area is 232 Å². The van der Waals surface area contributed by atoms with Crippen LogP contribution in [0.4, 0.5) is 5.82 Å². The summed E-state index contributed by atoms with van der Waals surface area (Å²) >= 11 is 1.54. The maximum Gasteiger partial charge on any atom is 0.240 e. The average molecular weight is 539 g/mol. The zero-order chi connectivity index (χ0) is 26.9. The molecule has 1 aliphatic carbocycles. The van der Waals surface area contributed by atoms with Gasteiger partial charge in [0.15, 0.2) is 0 Å². The van der Waals surface area contributed by atoms with Gasteiger partial charge in [-0.05, 0) is 37.5 Å². The number of aryl methyl sites for hydroxylation is 1. The van der Waals surface area contributed by atoms with Crippen molar-refractivity contribution in [2.75, 3.05) is 24.3 Å². The summed E-state index contributed by atoms with van der Waals surface area (Å²) in [5.41, 5.74) is 5.46. The number of carbonyl (C=O) groups is 2. The quantitative estimate of drug-likeness (QED) is 0.345. The Hall–Kier alpha value is -4.04. The Morgan fingerprint density at radius 2 is 1.74 bits per heavy atom. The highest BCUT2D eigenvalue weighted by atomic mass is 32.2. The van der Waals surface area contributed by atoms with E-state index in [0.29, 0.717) is 5.82 Å². The van der Waals surface area contributed by atoms with Gasteiger partial charge in [0.1, 0.15) is 18.1 Å². The molecule has 39 heavy (non-hydrogen) atoms. The molecule has 1 saturated carbocycles. The maximum absolute atomic E-state index is 13.8. The molecule has 6 rings (SSSR count). The standard InChI is InChI=1S/C31H30N4O3S/c1-20-10-6-8-14-24(20)35-31-28(29(33-35)21-11-4-3-5-12-21)30(23-13-7-9-15-25(23)38-2)39-19-27(37)34(31)18-26(36)32-22-16-17-22/h3-15,22,30H,16-19H2,1-2H3,(H,32,36)/t30-/m0/s1. The van der Waals surface area contributed by atoms with E-state index in [9.17, 15) is 9.59 Å². The highest BCUT2D eigenvalue weighted by Gasteiger charge is 2.39. The summed E-state index contributed by atoms with van der Waals surface area (Å²) in [6.07, 6.45) is 1.96. The van der Waals surface area contributed by atoms with E-state index in [-0.39, 0.29) is 35.4 Å². The van der Waals surface area contributed by atoms with Gasteiger partial charge in [-0.3, -0.25) is 14.5 Å². The third-order valence-corrected chi connectivity index (χ3v) is 8.38. The molecule has 7 nitrogen and oxygen atoms in total. The van der Waals surface area contributed by atoms with Crippen LogP contribution in [0.5, 0.6) is 5.75 Å². The molecule has 4 aromatic rings. The predicted octanol–water partition coefficient (Wildman–Crippen LogP) is 5.30. The summed E-state index contributed by atoms with van der Waals surface area (Å²) in [5.74, 6) is 1.31. The minimum atomic E-state index is -0.246. The van der Waals surface area contributed by atoms with Gasteiger partial charge in [-0.2, -0.15) is 5.10 Å². The van der Waals surface area contributed by atoms with Crippen LogP contribution in [0.1, 0.15) is 34.8 Å². The second-order valence-corrected chi connectivity index (χ2v) is 11.0. The SMILES string of the molecule is COc1ccccc1[C@@H]1SCC(=O)N(CC(=O)NC2CC2)c2c1c(-c1ccccc1)nn2-c1ccccc1C. The molecule has 1 N–H and O–H groups in total. The van der Waals surface area contributed by atoms with Crippen LogP contribution in [0, 0.1) is 6.92 Å². The first-order valence-electron chi connectivity index (χ1n) is 13.1. The number of amides is 2. The second-order valence-electron chi connectivity index (χ2n) is 9.90. The van der Waals surface area contributed by atoms with Gasteiger partial charge in [-0.1, -0.05) is 66.7 Å². The number of anilines is 1. The molecule has 2 heterocycles. The van der Waals surface area contributed by atoms with Crippen LogP contribution in [-0.4, -0.2) is 47.0 Å². The zero-order valence-corrected chi connectivity index (χ0v) is 22.8. The van der Waals surface area contributed by atoms with Crippen LogP contribution < -0.4 is 15.0 Å². The van der Waals surface area contributed by atoms with Crippen LogP contribution in [0.2, 0.25) is 0 Å². The fourth-order valence-electron chi connectivity index (χ4n) is 5.07. The summed E-state index contributed by atoms with van der Waals surface area (Å²) in [7, 11) is 1.66. The number of carbonyl (C=O) groups excluding carboxylic acids is 2. The van der Waals surface area contributed by atoms with Gasteiger partial charge in [-0.15, -0.1) is 11.8 Å². The number of fused-ring (bicyclic) bond motifs is 1. The van der Waals surface area contributed by atoms with Crippen molar-refractivity contribution < 1.29 is 14.3 Å². The summed E-state index contributed by atoms with van der Waals surface area (Å²) in [5, 5.41) is 7.98. The first-order chi connectivity index (χ1) is 19.0. The fourth-order valence-corrected chi connectivity index (χ4v) is 6.29. The number of para-hydroxylation sites is 2. The largest absolute Gasteiger partial charge is 0.496 e. The van der Waals surface area contributed by atoms with Crippen molar-refractivity contribution in [1.82, 2.24) is 15.1 Å². The van der Waals surface area contributed by atoms with E-state index in [4.69, 9.17) is 9.84 Å². The van der Waals surface area contributed by atoms with Crippen molar-refractivity contribution in [2.45, 2.75) is 31.1 Å². The summed E-state index contributed by atoms with van der Waals surface area (Å²) < 4.78 is 7.63. The molecule has 0 spiro atoms. The molecule has 1 fully saturated rings. The third kappa shape index (κ3) is 4.92. The maximum atomic E-state index is 13.8. The number of hydrogen-bond acceptors (Lipinski definition) is 5. The Morgan fingerprint density at radius 3 is 2.49 bits per heavy atom. The van der Waals surface area contributed by atoms with Crippen LogP contribution in [0.15, 0.2) is 78.9 Å². The number of thioether (sulfide) groups is 1. The fraction of sp³-hybridized carbons (Fsp3) is 0.258. The first kappa shape index (κ1) is 25.2. The highest BCUT2D eigenvalue weighted by molar-refractivity contribution is 8.00. The number of aromatic nitrogens is 2. The topological polar surface area (TPSA) is 76.5 Å². The Kier molecular flexibility index (Phi) is 6.87. The number of ether oxygens (including phenoxy) is 1. The van der Waals surface area contributed by atoms with E-state index in [1.54, 1.807) is 12.0 Å². The number of methoxy groups -OCH3 is 1. The van der Waals surface area contributed by atoms with Crippen molar-refractivity contribution in [3.8, 4) is 22.7 Å². The van der Waals surface area contributed by atoms with Crippen LogP contribution in [-0.2, 0) is 9.59 Å². The lowest BCUT2D eigenvalue weighted by atomic mass is 9.99. The smallest absolute Gasteiger partial charge is 0.240 e. The highest BCUT2D eigenvalue weighted by Crippen LogP contribution is 2.50. The van der Waals surface area contributed by atoms with E-state index < -0.39 is 0 Å². The number of nitrogens with zero attached hydrogens (tertiary/aromatic N) is 3. The van der Waals surface area contributed by atoms with Gasteiger partial charge in [0, 0.05) is 22.7 Å². The first-order valence-corrected chi connectivity index (χ1v) is 14.2. The van der Waals surface area contributed by atoms with Crippen LogP contribution >= 0.6 is 11.8 Å². The molecule has 0 radical (unpaired) electrons. The molecule has 2 amide bonds. The summed E-state index contributed by atoms with van der Waals surface area (Å²) in [6, 6.07) is 26.1. The van der Waals surface area contributed by atoms with E-state index in [2.05, 4.69) is 5.32 Å². The molecule has 0 unspecified atom stereocenters. The number of hydrogen-bond donors (Lipinski definition) is 1. The molecule has 0 bridgehead atoms. The minimum Gasteiger partial charge on any atom is -0.496 e. The minimum absolute atomic E-state index is 0.0622. The van der Waals surface area contributed by atoms with Crippen molar-refractivity contribution in [2.24, 2.45) is 0 Å². The number of rotatable bonds is 7. The number of benzene rings is 3. The molecule has 0 saturated heterocycles. The van der Waals surface area contributed by atoms with Crippen LogP contribution in [0.25, 0.3) is 16.9 Å². The third-order valence-electron chi connectivity index (χ3n) is 7.15. The lowest BCUT2D eigenvalue weighted by Crippen LogP contribution is -2.43. The van der Waals surface area contributed by atoms with E-state index in [1.165, 1.54) is 11.8 Å². The molecule has 1 aliphatic heterocycles. The van der Waals surface area contributed by atoms with Gasteiger partial charge >= 0.3 is 0 Å². The van der Waals surface area contributed by atoms with Gasteiger partial charge < -0.3 is 10.1 Å². The molecule has 1 aromatic heterocycles. The van der Waals surface area contributed by atoms with Crippen molar-refractivity contribution >= 4 is 29.4 Å². The van der Waals surface area contributed by atoms with Crippen molar-refractivity contribution in [3.05, 3.63) is 95.6 Å². The van der Waals surface area contributed by atoms with Crippen LogP contribution in [0.3, 0.4) is 0 Å². The predicted molar refractivity (Wildman–Crippen MR) is 155 cm³/mol. The molecular weight excluding hydrogens is 508 g/mol. The normalized spacial score (nSPS) is 16.9. The van der Waals surface area contributed by atoms with E-state index in [1.807, 2.05) is 90.5 Å². The average Bonchev–Trinajstić information content (AvgIpc) is 3.71. The van der Waals surface area contributed by atoms with E-state index >= 15 is 0 Å². The molecule has 8 heteroatoms. The Morgan fingerprint density at radius 1 is 1.03 bits per heavy atom. The summed E-state index contributed by atoms with van der Waals surface area (Å²) in [4.78, 5) is 28.5. The Balaban J connectivity index is 1.63. The van der Waals surface area contributed by atoms with E-state index in [0.717, 1.165) is 52.2 Å². The lowest BCUT2D eigenvalue weighted by Gasteiger charge is -2.24. The molecule has 3 aromatic carbocycles. The molecule has 198 valence electrons. The second kappa shape index (κ2) is 10.6. The van der Waals surface area contributed by atoms with Gasteiger partial charge in [0.25, 0.3) is 0 Å². The van der Waals surface area contributed by atoms with Gasteiger partial charge in [0.2, 0.25) is 11.8 Å². The Bertz CT molecular complexity index is 1530.